The van der Waals surface area contributed by atoms with Crippen LogP contribution in [-0.2, 0) is 6.42 Å². The highest BCUT2D eigenvalue weighted by Crippen LogP contribution is 2.27. The largest absolute Gasteiger partial charge is 0.361 e. The second kappa shape index (κ2) is 4.62. The van der Waals surface area contributed by atoms with Crippen LogP contribution in [-0.4, -0.2) is 5.16 Å². The minimum atomic E-state index is 0.971. The summed E-state index contributed by atoms with van der Waals surface area (Å²) in [7, 11) is 0. The Morgan fingerprint density at radius 3 is 2.93 bits per heavy atom. The molecule has 0 aromatic carbocycles. The number of thiophene rings is 1. The van der Waals surface area contributed by atoms with Gasteiger partial charge in [-0.25, -0.2) is 0 Å². The molecule has 0 bridgehead atoms. The zero-order valence-electron chi connectivity index (χ0n) is 9.12. The van der Waals surface area contributed by atoms with Gasteiger partial charge in [-0.05, 0) is 25.5 Å². The van der Waals surface area contributed by atoms with Crippen molar-refractivity contribution < 1.29 is 4.52 Å². The lowest BCUT2D eigenvalue weighted by Gasteiger charge is -1.88. The van der Waals surface area contributed by atoms with Gasteiger partial charge in [0.15, 0.2) is 0 Å². The molecule has 2 rings (SSSR count). The molecule has 0 N–H and O–H groups in total. The highest BCUT2D eigenvalue weighted by atomic mass is 32.1. The predicted molar refractivity (Wildman–Crippen MR) is 63.2 cm³/mol. The highest BCUT2D eigenvalue weighted by molar-refractivity contribution is 7.15. The topological polar surface area (TPSA) is 26.0 Å². The van der Waals surface area contributed by atoms with E-state index < -0.39 is 0 Å². The van der Waals surface area contributed by atoms with Gasteiger partial charge in [0.25, 0.3) is 0 Å². The van der Waals surface area contributed by atoms with E-state index in [1.54, 1.807) is 11.3 Å². The molecule has 0 atom stereocenters. The van der Waals surface area contributed by atoms with Gasteiger partial charge in [-0.3, -0.25) is 0 Å². The smallest absolute Gasteiger partial charge is 0.137 e. The lowest BCUT2D eigenvalue weighted by molar-refractivity contribution is 0.382. The summed E-state index contributed by atoms with van der Waals surface area (Å²) >= 11 is 1.76. The summed E-state index contributed by atoms with van der Waals surface area (Å²) in [5.74, 6) is 0.998. The van der Waals surface area contributed by atoms with Crippen LogP contribution in [0.1, 0.15) is 30.4 Å². The highest BCUT2D eigenvalue weighted by Gasteiger charge is 2.07. The van der Waals surface area contributed by atoms with Crippen molar-refractivity contribution in [1.82, 2.24) is 5.16 Å². The van der Waals surface area contributed by atoms with Crippen molar-refractivity contribution in [3.05, 3.63) is 28.8 Å². The molecule has 2 nitrogen and oxygen atoms in total. The van der Waals surface area contributed by atoms with Crippen LogP contribution in [0, 0.1) is 6.92 Å². The van der Waals surface area contributed by atoms with E-state index in [-0.39, 0.29) is 0 Å². The molecule has 0 saturated carbocycles. The molecular weight excluding hydrogens is 206 g/mol. The van der Waals surface area contributed by atoms with Gasteiger partial charge in [-0.15, -0.1) is 11.3 Å². The molecule has 0 saturated heterocycles. The van der Waals surface area contributed by atoms with Crippen molar-refractivity contribution in [2.75, 3.05) is 0 Å². The van der Waals surface area contributed by atoms with Crippen molar-refractivity contribution in [1.29, 1.82) is 0 Å². The zero-order chi connectivity index (χ0) is 10.7. The Morgan fingerprint density at radius 2 is 2.27 bits per heavy atom. The molecule has 2 aromatic heterocycles. The molecule has 0 aliphatic carbocycles. The molecule has 0 unspecified atom stereocenters. The van der Waals surface area contributed by atoms with Gasteiger partial charge in [-0.2, -0.15) is 0 Å². The monoisotopic (exact) mass is 221 g/mol. The van der Waals surface area contributed by atoms with Crippen molar-refractivity contribution in [2.45, 2.75) is 33.1 Å². The first-order chi connectivity index (χ1) is 7.29. The molecule has 0 spiro atoms. The van der Waals surface area contributed by atoms with Gasteiger partial charge >= 0.3 is 0 Å². The van der Waals surface area contributed by atoms with Gasteiger partial charge in [0, 0.05) is 17.4 Å². The first kappa shape index (κ1) is 10.4. The van der Waals surface area contributed by atoms with Crippen molar-refractivity contribution >= 4 is 11.3 Å². The molecule has 0 aliphatic rings. The van der Waals surface area contributed by atoms with Crippen LogP contribution < -0.4 is 0 Å². The van der Waals surface area contributed by atoms with Crippen molar-refractivity contribution in [3.63, 3.8) is 0 Å². The summed E-state index contributed by atoms with van der Waals surface area (Å²) in [6.45, 7) is 4.28. The number of hydrogen-bond donors (Lipinski definition) is 0. The Kier molecular flexibility index (Phi) is 3.21. The Balaban J connectivity index is 2.13. The Labute approximate surface area is 93.9 Å². The van der Waals surface area contributed by atoms with E-state index in [9.17, 15) is 0 Å². The van der Waals surface area contributed by atoms with Gasteiger partial charge in [0.2, 0.25) is 0 Å². The maximum absolute atomic E-state index is 5.29. The number of hydrogen-bond acceptors (Lipinski definition) is 3. The van der Waals surface area contributed by atoms with Crippen molar-refractivity contribution in [3.8, 4) is 10.6 Å². The molecule has 0 aliphatic heterocycles. The van der Waals surface area contributed by atoms with E-state index >= 15 is 0 Å². The molecule has 15 heavy (non-hydrogen) atoms. The molecule has 0 amide bonds. The van der Waals surface area contributed by atoms with Crippen LogP contribution in [0.25, 0.3) is 10.6 Å². The minimum absolute atomic E-state index is 0.971. The summed E-state index contributed by atoms with van der Waals surface area (Å²) in [6.07, 6.45) is 3.35. The van der Waals surface area contributed by atoms with Gasteiger partial charge in [0.05, 0.1) is 4.88 Å². The third kappa shape index (κ3) is 2.48. The average molecular weight is 221 g/mol. The molecule has 0 fully saturated rings. The normalized spacial score (nSPS) is 10.8. The first-order valence-electron chi connectivity index (χ1n) is 5.32. The number of unbranched alkanes of at least 4 members (excludes halogenated alkanes) is 1. The molecule has 0 radical (unpaired) electrons. The summed E-state index contributed by atoms with van der Waals surface area (Å²) in [5.41, 5.74) is 0.971. The van der Waals surface area contributed by atoms with E-state index in [0.717, 1.165) is 24.3 Å². The third-order valence-corrected chi connectivity index (χ3v) is 3.35. The molecular formula is C12H15NOS. The Bertz CT molecular complexity index is 430. The third-order valence-electron chi connectivity index (χ3n) is 2.33. The van der Waals surface area contributed by atoms with E-state index in [2.05, 4.69) is 37.2 Å². The number of rotatable bonds is 4. The lowest BCUT2D eigenvalue weighted by atomic mass is 10.2. The number of nitrogens with zero attached hydrogens (tertiary/aromatic N) is 1. The fraction of sp³-hybridized carbons (Fsp3) is 0.417. The summed E-state index contributed by atoms with van der Waals surface area (Å²) in [6, 6.07) is 6.27. The number of aromatic nitrogens is 1. The van der Waals surface area contributed by atoms with E-state index in [4.69, 9.17) is 4.52 Å². The van der Waals surface area contributed by atoms with E-state index in [1.165, 1.54) is 16.2 Å². The summed E-state index contributed by atoms with van der Waals surface area (Å²) in [5, 5.41) is 4.09. The summed E-state index contributed by atoms with van der Waals surface area (Å²) < 4.78 is 5.29. The Morgan fingerprint density at radius 1 is 1.40 bits per heavy atom. The SMILES string of the molecule is CCCCc1cc(-c2ccc(C)s2)no1. The van der Waals surface area contributed by atoms with Crippen LogP contribution in [0.4, 0.5) is 0 Å². The van der Waals surface area contributed by atoms with Crippen LogP contribution in [0.5, 0.6) is 0 Å². The maximum Gasteiger partial charge on any atom is 0.137 e. The molecule has 2 aromatic rings. The van der Waals surface area contributed by atoms with E-state index in [1.807, 2.05) is 0 Å². The first-order valence-corrected chi connectivity index (χ1v) is 6.13. The predicted octanol–water partition coefficient (Wildman–Crippen LogP) is 4.05. The lowest BCUT2D eigenvalue weighted by Crippen LogP contribution is -1.78. The quantitative estimate of drug-likeness (QED) is 0.778. The second-order valence-corrected chi connectivity index (χ2v) is 4.98. The number of aryl methyl sites for hydroxylation is 2. The maximum atomic E-state index is 5.29. The van der Waals surface area contributed by atoms with Crippen LogP contribution >= 0.6 is 11.3 Å². The van der Waals surface area contributed by atoms with Crippen LogP contribution in [0.2, 0.25) is 0 Å². The van der Waals surface area contributed by atoms with Gasteiger partial charge < -0.3 is 4.52 Å². The van der Waals surface area contributed by atoms with Crippen LogP contribution in [0.3, 0.4) is 0 Å². The van der Waals surface area contributed by atoms with Crippen LogP contribution in [0.15, 0.2) is 22.7 Å². The molecule has 2 heterocycles. The summed E-state index contributed by atoms with van der Waals surface area (Å²) in [4.78, 5) is 2.50. The zero-order valence-corrected chi connectivity index (χ0v) is 9.93. The second-order valence-electron chi connectivity index (χ2n) is 3.69. The van der Waals surface area contributed by atoms with Gasteiger partial charge in [0.1, 0.15) is 11.5 Å². The minimum Gasteiger partial charge on any atom is -0.361 e. The standard InChI is InChI=1S/C12H15NOS/c1-3-4-5-10-8-11(13-14-10)12-7-6-9(2)15-12/h6-8H,3-5H2,1-2H3. The fourth-order valence-electron chi connectivity index (χ4n) is 1.47. The van der Waals surface area contributed by atoms with Crippen molar-refractivity contribution in [2.24, 2.45) is 0 Å². The van der Waals surface area contributed by atoms with Gasteiger partial charge in [-0.1, -0.05) is 18.5 Å². The average Bonchev–Trinajstić information content (AvgIpc) is 2.83. The fourth-order valence-corrected chi connectivity index (χ4v) is 2.29. The molecule has 3 heteroatoms. The van der Waals surface area contributed by atoms with E-state index in [0.29, 0.717) is 0 Å². The Hall–Kier alpha value is -1.09. The molecule has 80 valence electrons.